The number of amides is 2. The topological polar surface area (TPSA) is 93.1 Å². The molecule has 0 fully saturated rings. The Hall–Kier alpha value is -4.34. The molecule has 0 aliphatic heterocycles. The van der Waals surface area contributed by atoms with Crippen LogP contribution in [-0.2, 0) is 23.0 Å². The van der Waals surface area contributed by atoms with Crippen LogP contribution in [0.3, 0.4) is 0 Å². The number of benzene rings is 4. The highest BCUT2D eigenvalue weighted by Crippen LogP contribution is 2.31. The lowest BCUT2D eigenvalue weighted by atomic mass is 9.99. The lowest BCUT2D eigenvalue weighted by Crippen LogP contribution is -2.41. The van der Waals surface area contributed by atoms with Gasteiger partial charge in [0.25, 0.3) is 10.0 Å². The summed E-state index contributed by atoms with van der Waals surface area (Å²) < 4.78 is 31.9. The van der Waals surface area contributed by atoms with E-state index in [1.165, 1.54) is 11.8 Å². The number of thioether (sulfide) groups is 1. The summed E-state index contributed by atoms with van der Waals surface area (Å²) in [4.78, 5) is 18.2. The van der Waals surface area contributed by atoms with Gasteiger partial charge < -0.3 is 9.88 Å². The summed E-state index contributed by atoms with van der Waals surface area (Å²) in [6.07, 6.45) is 3.96. The summed E-state index contributed by atoms with van der Waals surface area (Å²) in [5.41, 5.74) is 5.26. The Morgan fingerprint density at radius 1 is 0.848 bits per heavy atom. The van der Waals surface area contributed by atoms with E-state index in [9.17, 15) is 13.2 Å². The maximum Gasteiger partial charge on any atom is 0.329 e. The van der Waals surface area contributed by atoms with Gasteiger partial charge in [0.15, 0.2) is 0 Å². The minimum atomic E-state index is -4.21. The average molecular weight is 653 g/mol. The number of aromatic nitrogens is 2. The first-order valence-corrected chi connectivity index (χ1v) is 18.2. The monoisotopic (exact) mass is 652 g/mol. The fourth-order valence-electron chi connectivity index (χ4n) is 5.62. The molecule has 1 heterocycles. The van der Waals surface area contributed by atoms with Gasteiger partial charge in [-0.3, -0.25) is 0 Å². The molecule has 0 aliphatic rings. The first kappa shape index (κ1) is 33.0. The van der Waals surface area contributed by atoms with Gasteiger partial charge in [0.05, 0.1) is 16.6 Å². The maximum absolute atomic E-state index is 13.6. The molecule has 0 spiro atoms. The number of carbonyl (C=O) groups is 1. The second kappa shape index (κ2) is 14.8. The number of hydrogen-bond donors (Lipinski definition) is 2. The van der Waals surface area contributed by atoms with Crippen molar-refractivity contribution >= 4 is 27.8 Å². The second-order valence-electron chi connectivity index (χ2n) is 11.2. The van der Waals surface area contributed by atoms with Crippen LogP contribution in [0.2, 0.25) is 0 Å². The molecule has 0 saturated carbocycles. The summed E-state index contributed by atoms with van der Waals surface area (Å²) in [6.45, 7) is 7.23. The molecular weight excluding hydrogens is 613 g/mol. The molecule has 9 heteroatoms. The molecule has 0 bridgehead atoms. The molecule has 4 aromatic carbocycles. The van der Waals surface area contributed by atoms with Gasteiger partial charge in [-0.1, -0.05) is 124 Å². The predicted octanol–water partition coefficient (Wildman–Crippen LogP) is 8.17. The van der Waals surface area contributed by atoms with Crippen molar-refractivity contribution in [3.8, 4) is 11.1 Å². The van der Waals surface area contributed by atoms with Crippen LogP contribution in [0.1, 0.15) is 67.4 Å². The fraction of sp³-hybridized carbons (Fsp3) is 0.243. The van der Waals surface area contributed by atoms with Crippen LogP contribution >= 0.6 is 11.8 Å². The van der Waals surface area contributed by atoms with Crippen LogP contribution in [0.5, 0.6) is 0 Å². The molecule has 2 amide bonds. The molecule has 5 rings (SSSR count). The quantitative estimate of drug-likeness (QED) is 0.133. The van der Waals surface area contributed by atoms with Crippen LogP contribution in [-0.4, -0.2) is 30.3 Å². The Bertz CT molecular complexity index is 1830. The van der Waals surface area contributed by atoms with Gasteiger partial charge in [0.2, 0.25) is 0 Å². The minimum Gasteiger partial charge on any atom is -0.326 e. The number of rotatable bonds is 12. The number of imidazole rings is 1. The highest BCUT2D eigenvalue weighted by atomic mass is 32.2. The van der Waals surface area contributed by atoms with E-state index >= 15 is 0 Å². The SMILES string of the molecule is CCc1c(SC)nc(C(C)CC)n1Cc1ccc(-c2ccccc2S(=O)(=O)NC(=O)NC(c2ccccc2)c2ccccc2)cc1. The van der Waals surface area contributed by atoms with Gasteiger partial charge in [-0.05, 0) is 47.4 Å². The van der Waals surface area contributed by atoms with Gasteiger partial charge in [-0.2, -0.15) is 0 Å². The third-order valence-electron chi connectivity index (χ3n) is 8.20. The summed E-state index contributed by atoms with van der Waals surface area (Å²) in [6, 6.07) is 32.2. The number of nitrogens with one attached hydrogen (secondary N) is 2. The maximum atomic E-state index is 13.6. The molecule has 1 aromatic heterocycles. The molecule has 0 aliphatic carbocycles. The minimum absolute atomic E-state index is 0.0282. The lowest BCUT2D eigenvalue weighted by molar-refractivity contribution is 0.243. The number of hydrogen-bond acceptors (Lipinski definition) is 5. The number of carbonyl (C=O) groups excluding carboxylic acids is 1. The Kier molecular flexibility index (Phi) is 10.7. The molecule has 7 nitrogen and oxygen atoms in total. The summed E-state index contributed by atoms with van der Waals surface area (Å²) in [5, 5.41) is 3.93. The highest BCUT2D eigenvalue weighted by molar-refractivity contribution is 7.98. The molecule has 5 aromatic rings. The average Bonchev–Trinajstić information content (AvgIpc) is 3.44. The summed E-state index contributed by atoms with van der Waals surface area (Å²) in [5.74, 6) is 1.43. The zero-order valence-electron chi connectivity index (χ0n) is 26.6. The van der Waals surface area contributed by atoms with E-state index in [-0.39, 0.29) is 4.90 Å². The van der Waals surface area contributed by atoms with Crippen LogP contribution in [0, 0.1) is 0 Å². The normalized spacial score (nSPS) is 12.2. The van der Waals surface area contributed by atoms with Crippen molar-refractivity contribution < 1.29 is 13.2 Å². The molecular formula is C37H40N4O3S2. The number of urea groups is 1. The Morgan fingerprint density at radius 3 is 2.00 bits per heavy atom. The van der Waals surface area contributed by atoms with Gasteiger partial charge in [-0.15, -0.1) is 11.8 Å². The molecule has 0 saturated heterocycles. The predicted molar refractivity (Wildman–Crippen MR) is 187 cm³/mol. The van der Waals surface area contributed by atoms with E-state index in [2.05, 4.69) is 41.6 Å². The molecule has 2 N–H and O–H groups in total. The summed E-state index contributed by atoms with van der Waals surface area (Å²) >= 11 is 1.68. The van der Waals surface area contributed by atoms with Crippen molar-refractivity contribution in [3.63, 3.8) is 0 Å². The van der Waals surface area contributed by atoms with E-state index in [0.717, 1.165) is 45.9 Å². The lowest BCUT2D eigenvalue weighted by Gasteiger charge is -2.20. The van der Waals surface area contributed by atoms with E-state index in [0.29, 0.717) is 18.0 Å². The van der Waals surface area contributed by atoms with Crippen molar-refractivity contribution in [1.29, 1.82) is 0 Å². The van der Waals surface area contributed by atoms with Crippen molar-refractivity contribution in [2.75, 3.05) is 6.26 Å². The zero-order chi connectivity index (χ0) is 32.7. The van der Waals surface area contributed by atoms with E-state index < -0.39 is 22.1 Å². The van der Waals surface area contributed by atoms with E-state index in [1.807, 2.05) is 84.9 Å². The highest BCUT2D eigenvalue weighted by Gasteiger charge is 2.25. The molecule has 1 unspecified atom stereocenters. The zero-order valence-corrected chi connectivity index (χ0v) is 28.2. The van der Waals surface area contributed by atoms with Crippen molar-refractivity contribution in [2.24, 2.45) is 0 Å². The van der Waals surface area contributed by atoms with Crippen LogP contribution in [0.15, 0.2) is 119 Å². The third kappa shape index (κ3) is 7.37. The van der Waals surface area contributed by atoms with Gasteiger partial charge in [0.1, 0.15) is 10.9 Å². The Morgan fingerprint density at radius 2 is 1.43 bits per heavy atom. The van der Waals surface area contributed by atoms with E-state index in [4.69, 9.17) is 4.98 Å². The van der Waals surface area contributed by atoms with Crippen molar-refractivity contribution in [3.05, 3.63) is 137 Å². The Balaban J connectivity index is 1.38. The van der Waals surface area contributed by atoms with Gasteiger partial charge in [-0.25, -0.2) is 22.9 Å². The largest absolute Gasteiger partial charge is 0.329 e. The summed E-state index contributed by atoms with van der Waals surface area (Å²) in [7, 11) is -4.21. The van der Waals surface area contributed by atoms with E-state index in [1.54, 1.807) is 30.0 Å². The number of nitrogens with zero attached hydrogens (tertiary/aromatic N) is 2. The van der Waals surface area contributed by atoms with Gasteiger partial charge >= 0.3 is 6.03 Å². The van der Waals surface area contributed by atoms with Gasteiger partial charge in [0, 0.05) is 18.0 Å². The standard InChI is InChI=1S/C37H40N4O3S2/c1-5-26(3)35-39-36(45-4)32(6-2)41(35)25-27-21-23-28(24-22-27)31-19-13-14-20-33(31)46(43,44)40-37(42)38-34(29-15-9-7-10-16-29)30-17-11-8-12-18-30/h7-24,26,34H,5-6,25H2,1-4H3,(H2,38,40,42). The molecule has 1 atom stereocenters. The molecule has 46 heavy (non-hydrogen) atoms. The van der Waals surface area contributed by atoms with Crippen molar-refractivity contribution in [1.82, 2.24) is 19.6 Å². The molecule has 238 valence electrons. The first-order valence-electron chi connectivity index (χ1n) is 15.5. The molecule has 0 radical (unpaired) electrons. The second-order valence-corrected chi connectivity index (χ2v) is 13.6. The van der Waals surface area contributed by atoms with Crippen LogP contribution in [0.4, 0.5) is 4.79 Å². The Labute approximate surface area is 276 Å². The number of sulfonamides is 1. The third-order valence-corrected chi connectivity index (χ3v) is 10.3. The first-order chi connectivity index (χ1) is 22.2. The van der Waals surface area contributed by atoms with Crippen molar-refractivity contribution in [2.45, 2.75) is 62.0 Å². The van der Waals surface area contributed by atoms with Crippen LogP contribution < -0.4 is 10.0 Å². The van der Waals surface area contributed by atoms with Crippen LogP contribution in [0.25, 0.3) is 11.1 Å². The smallest absolute Gasteiger partial charge is 0.326 e. The fourth-order valence-corrected chi connectivity index (χ4v) is 7.44.